The molecule has 0 aromatic heterocycles. The van der Waals surface area contributed by atoms with Gasteiger partial charge in [0.25, 0.3) is 0 Å². The van der Waals surface area contributed by atoms with Crippen molar-refractivity contribution in [3.05, 3.63) is 0 Å². The first-order valence-corrected chi connectivity index (χ1v) is 16.7. The normalized spacial score (nSPS) is 12.2. The maximum Gasteiger partial charge on any atom is 0.308 e. The molecule has 0 aromatic carbocycles. The van der Waals surface area contributed by atoms with E-state index in [2.05, 4.69) is 13.8 Å². The topological polar surface area (TPSA) is 119 Å². The predicted molar refractivity (Wildman–Crippen MR) is 167 cm³/mol. The first-order valence-electron chi connectivity index (χ1n) is 16.7. The van der Waals surface area contributed by atoms with Crippen LogP contribution < -0.4 is 0 Å². The maximum atomic E-state index is 12.0. The fraction of sp³-hybridized carbons (Fsp3) is 0.969. The molecule has 0 bridgehead atoms. The summed E-state index contributed by atoms with van der Waals surface area (Å²) in [6.45, 7) is 17.2. The van der Waals surface area contributed by atoms with E-state index in [1.54, 1.807) is 0 Å². The summed E-state index contributed by atoms with van der Waals surface area (Å²) in [5.41, 5.74) is 0. The summed E-state index contributed by atoms with van der Waals surface area (Å²) in [6, 6.07) is 0. The lowest BCUT2D eigenvalue weighted by atomic mass is 10.00. The second-order valence-electron chi connectivity index (χ2n) is 9.89. The molecule has 0 rings (SSSR count). The van der Waals surface area contributed by atoms with Crippen LogP contribution in [-0.2, 0) is 56.9 Å². The summed E-state index contributed by atoms with van der Waals surface area (Å²) in [4.78, 5) is 12.0. The Balaban J connectivity index is 3.14. The molecule has 0 N–H and O–H groups in total. The molecule has 0 aliphatic rings. The number of hydrogen-bond acceptors (Lipinski definition) is 12. The van der Waals surface area contributed by atoms with Gasteiger partial charge in [-0.3, -0.25) is 4.79 Å². The van der Waals surface area contributed by atoms with Crippen LogP contribution in [0.2, 0.25) is 0 Å². The zero-order valence-electron chi connectivity index (χ0n) is 28.1. The minimum absolute atomic E-state index is 0.000612. The molecule has 0 aromatic rings. The molecule has 0 saturated carbocycles. The van der Waals surface area contributed by atoms with Gasteiger partial charge in [-0.25, -0.2) is 0 Å². The number of hydrogen-bond donors (Lipinski definition) is 0. The van der Waals surface area contributed by atoms with E-state index in [9.17, 15) is 4.79 Å². The molecule has 12 nitrogen and oxygen atoms in total. The van der Waals surface area contributed by atoms with Gasteiger partial charge < -0.3 is 52.1 Å². The third kappa shape index (κ3) is 34.0. The van der Waals surface area contributed by atoms with Gasteiger partial charge in [0.15, 0.2) is 0 Å². The van der Waals surface area contributed by atoms with E-state index in [4.69, 9.17) is 52.1 Å². The van der Waals surface area contributed by atoms with Crippen LogP contribution in [0, 0.1) is 5.92 Å². The summed E-state index contributed by atoms with van der Waals surface area (Å²) < 4.78 is 59.9. The molecule has 0 fully saturated rings. The summed E-state index contributed by atoms with van der Waals surface area (Å²) in [5.74, 6) is -0.118. The summed E-state index contributed by atoms with van der Waals surface area (Å²) in [5, 5.41) is 0. The second-order valence-corrected chi connectivity index (χ2v) is 9.89. The van der Waals surface area contributed by atoms with Crippen LogP contribution in [0.5, 0.6) is 0 Å². The Labute approximate surface area is 266 Å². The van der Waals surface area contributed by atoms with Gasteiger partial charge in [-0.2, -0.15) is 0 Å². The number of carbonyl (C=O) groups excluding carboxylic acids is 1. The molecule has 0 aliphatic carbocycles. The fourth-order valence-electron chi connectivity index (χ4n) is 3.59. The number of unbranched alkanes of at least 4 members (excludes halogenated alkanes) is 2. The molecule has 1 unspecified atom stereocenters. The Kier molecular flexibility index (Phi) is 37.4. The molecule has 0 aliphatic heterocycles. The minimum atomic E-state index is -0.118. The lowest BCUT2D eigenvalue weighted by Gasteiger charge is -2.13. The van der Waals surface area contributed by atoms with Crippen LogP contribution in [0.3, 0.4) is 0 Å². The van der Waals surface area contributed by atoms with Crippen LogP contribution in [0.25, 0.3) is 0 Å². The SMILES string of the molecule is CCCCOCCOCCOCCOCCOCCOCCOCCOCCOCCOCCOC(=O)C(CC)CCCC. The molecule has 12 heteroatoms. The van der Waals surface area contributed by atoms with E-state index in [1.807, 2.05) is 6.92 Å². The Bertz CT molecular complexity index is 555. The molecular weight excluding hydrogens is 576 g/mol. The average Bonchev–Trinajstić information content (AvgIpc) is 3.03. The maximum absolute atomic E-state index is 12.0. The van der Waals surface area contributed by atoms with Crippen molar-refractivity contribution in [2.75, 3.05) is 139 Å². The molecule has 1 atom stereocenters. The highest BCUT2D eigenvalue weighted by Gasteiger charge is 2.16. The molecule has 44 heavy (non-hydrogen) atoms. The van der Waals surface area contributed by atoms with Crippen molar-refractivity contribution < 1.29 is 56.9 Å². The van der Waals surface area contributed by atoms with E-state index in [0.717, 1.165) is 45.1 Å². The highest BCUT2D eigenvalue weighted by atomic mass is 16.6. The summed E-state index contributed by atoms with van der Waals surface area (Å²) in [7, 11) is 0. The van der Waals surface area contributed by atoms with Crippen molar-refractivity contribution in [1.82, 2.24) is 0 Å². The second kappa shape index (κ2) is 38.3. The van der Waals surface area contributed by atoms with Crippen LogP contribution in [0.4, 0.5) is 0 Å². The van der Waals surface area contributed by atoms with Gasteiger partial charge in [0.2, 0.25) is 0 Å². The smallest absolute Gasteiger partial charge is 0.308 e. The lowest BCUT2D eigenvalue weighted by molar-refractivity contribution is -0.150. The van der Waals surface area contributed by atoms with E-state index >= 15 is 0 Å². The van der Waals surface area contributed by atoms with Gasteiger partial charge in [0.1, 0.15) is 6.61 Å². The third-order valence-corrected chi connectivity index (χ3v) is 6.19. The zero-order chi connectivity index (χ0) is 32.0. The Hall–Kier alpha value is -0.930. The van der Waals surface area contributed by atoms with Gasteiger partial charge in [-0.1, -0.05) is 40.0 Å². The Morgan fingerprint density at radius 3 is 0.932 bits per heavy atom. The van der Waals surface area contributed by atoms with Crippen LogP contribution in [0.1, 0.15) is 59.3 Å². The van der Waals surface area contributed by atoms with E-state index in [1.165, 1.54) is 0 Å². The van der Waals surface area contributed by atoms with Gasteiger partial charge in [0, 0.05) is 6.61 Å². The van der Waals surface area contributed by atoms with Crippen LogP contribution in [0.15, 0.2) is 0 Å². The van der Waals surface area contributed by atoms with Crippen molar-refractivity contribution >= 4 is 5.97 Å². The standard InChI is InChI=1S/C32H64O12/c1-4-7-9-31(6-3)32(33)44-30-29-43-28-27-42-26-25-41-24-23-40-22-21-39-20-19-38-18-17-37-16-15-36-14-13-35-12-11-34-10-8-5-2/h31H,4-30H2,1-3H3. The Morgan fingerprint density at radius 2 is 0.659 bits per heavy atom. The van der Waals surface area contributed by atoms with E-state index < -0.39 is 0 Å². The van der Waals surface area contributed by atoms with E-state index in [0.29, 0.717) is 126 Å². The largest absolute Gasteiger partial charge is 0.463 e. The first-order chi connectivity index (χ1) is 21.8. The first kappa shape index (κ1) is 43.1. The quantitative estimate of drug-likeness (QED) is 0.0723. The van der Waals surface area contributed by atoms with Gasteiger partial charge in [-0.15, -0.1) is 0 Å². The molecular formula is C32H64O12. The number of ether oxygens (including phenoxy) is 11. The van der Waals surface area contributed by atoms with Crippen molar-refractivity contribution in [2.45, 2.75) is 59.3 Å². The third-order valence-electron chi connectivity index (χ3n) is 6.19. The number of carbonyl (C=O) groups is 1. The van der Waals surface area contributed by atoms with E-state index in [-0.39, 0.29) is 18.5 Å². The van der Waals surface area contributed by atoms with Crippen LogP contribution in [-0.4, -0.2) is 145 Å². The number of rotatable bonds is 38. The molecule has 0 heterocycles. The average molecular weight is 641 g/mol. The summed E-state index contributed by atoms with van der Waals surface area (Å²) in [6.07, 6.45) is 6.08. The van der Waals surface area contributed by atoms with Gasteiger partial charge >= 0.3 is 5.97 Å². The minimum Gasteiger partial charge on any atom is -0.463 e. The molecule has 0 spiro atoms. The number of esters is 1. The Morgan fingerprint density at radius 1 is 0.386 bits per heavy atom. The van der Waals surface area contributed by atoms with Crippen molar-refractivity contribution in [1.29, 1.82) is 0 Å². The van der Waals surface area contributed by atoms with Gasteiger partial charge in [-0.05, 0) is 19.3 Å². The lowest BCUT2D eigenvalue weighted by Crippen LogP contribution is -2.20. The predicted octanol–water partition coefficient (Wildman–Crippen LogP) is 3.71. The molecule has 0 radical (unpaired) electrons. The monoisotopic (exact) mass is 640 g/mol. The van der Waals surface area contributed by atoms with Crippen molar-refractivity contribution in [3.63, 3.8) is 0 Å². The van der Waals surface area contributed by atoms with Crippen LogP contribution >= 0.6 is 0 Å². The summed E-state index contributed by atoms with van der Waals surface area (Å²) >= 11 is 0. The van der Waals surface area contributed by atoms with Crippen molar-refractivity contribution in [2.24, 2.45) is 5.92 Å². The highest BCUT2D eigenvalue weighted by molar-refractivity contribution is 5.72. The molecule has 0 saturated heterocycles. The zero-order valence-corrected chi connectivity index (χ0v) is 28.1. The van der Waals surface area contributed by atoms with Gasteiger partial charge in [0.05, 0.1) is 131 Å². The highest BCUT2D eigenvalue weighted by Crippen LogP contribution is 2.14. The molecule has 264 valence electrons. The molecule has 0 amide bonds. The fourth-order valence-corrected chi connectivity index (χ4v) is 3.59. The van der Waals surface area contributed by atoms with Crippen molar-refractivity contribution in [3.8, 4) is 0 Å².